The monoisotopic (exact) mass is 464 g/mol. The summed E-state index contributed by atoms with van der Waals surface area (Å²) in [7, 11) is 1.55. The lowest BCUT2D eigenvalue weighted by atomic mass is 10.1. The second-order valence-electron chi connectivity index (χ2n) is 7.16. The van der Waals surface area contributed by atoms with Gasteiger partial charge in [0.25, 0.3) is 5.56 Å². The third kappa shape index (κ3) is 5.53. The average Bonchev–Trinajstić information content (AvgIpc) is 3.13. The first-order valence-electron chi connectivity index (χ1n) is 9.59. The number of halogens is 3. The Bertz CT molecular complexity index is 919. The summed E-state index contributed by atoms with van der Waals surface area (Å²) >= 11 is 1.79. The molecule has 0 radical (unpaired) electrons. The fraction of sp³-hybridized carbons (Fsp3) is 0.684. The first-order chi connectivity index (χ1) is 14.7. The van der Waals surface area contributed by atoms with E-state index in [0.29, 0.717) is 23.6 Å². The summed E-state index contributed by atoms with van der Waals surface area (Å²) < 4.78 is 63.0. The van der Waals surface area contributed by atoms with Crippen LogP contribution in [0.1, 0.15) is 31.1 Å². The molecule has 31 heavy (non-hydrogen) atoms. The summed E-state index contributed by atoms with van der Waals surface area (Å²) in [6.07, 6.45) is -0.232. The van der Waals surface area contributed by atoms with Gasteiger partial charge in [-0.15, -0.1) is 6.42 Å². The highest BCUT2D eigenvalue weighted by atomic mass is 32.2. The van der Waals surface area contributed by atoms with Crippen molar-refractivity contribution in [2.24, 2.45) is 0 Å². The molecule has 0 aliphatic carbocycles. The van der Waals surface area contributed by atoms with Gasteiger partial charge in [-0.25, -0.2) is 4.79 Å². The minimum absolute atomic E-state index is 0.0362. The lowest BCUT2D eigenvalue weighted by Gasteiger charge is -2.36. The second-order valence-corrected chi connectivity index (χ2v) is 8.39. The minimum atomic E-state index is -4.92. The van der Waals surface area contributed by atoms with Gasteiger partial charge in [-0.3, -0.25) is 14.3 Å². The van der Waals surface area contributed by atoms with Crippen molar-refractivity contribution in [1.29, 1.82) is 0 Å². The van der Waals surface area contributed by atoms with Crippen molar-refractivity contribution in [3.05, 3.63) is 32.6 Å². The number of nitrogens with zero attached hydrogens (tertiary/aromatic N) is 1. The second kappa shape index (κ2) is 9.79. The third-order valence-corrected chi connectivity index (χ3v) is 6.27. The van der Waals surface area contributed by atoms with Crippen molar-refractivity contribution in [2.75, 3.05) is 31.8 Å². The van der Waals surface area contributed by atoms with E-state index in [1.54, 1.807) is 23.9 Å². The molecule has 3 atom stereocenters. The van der Waals surface area contributed by atoms with Crippen LogP contribution in [0.4, 0.5) is 13.2 Å². The van der Waals surface area contributed by atoms with Crippen molar-refractivity contribution >= 4 is 11.8 Å². The van der Waals surface area contributed by atoms with Crippen LogP contribution in [0.5, 0.6) is 0 Å². The SMILES string of the molecule is C#CCO[C@H]1C[C@H](n2cc(C(F)(F)F)c(=O)[nH]c2=O)O[C@@H]1COC1(OC)CCSCC1. The van der Waals surface area contributed by atoms with Crippen LogP contribution in [0.3, 0.4) is 0 Å². The average molecular weight is 464 g/mol. The van der Waals surface area contributed by atoms with Crippen molar-refractivity contribution < 1.29 is 32.1 Å². The number of hydrogen-bond acceptors (Lipinski definition) is 7. The van der Waals surface area contributed by atoms with Gasteiger partial charge in [0.2, 0.25) is 0 Å². The molecule has 8 nitrogen and oxygen atoms in total. The number of nitrogens with one attached hydrogen (secondary N) is 1. The van der Waals surface area contributed by atoms with E-state index in [-0.39, 0.29) is 19.6 Å². The molecule has 2 fully saturated rings. The number of thioether (sulfide) groups is 1. The van der Waals surface area contributed by atoms with Gasteiger partial charge in [0.15, 0.2) is 5.79 Å². The van der Waals surface area contributed by atoms with Crippen LogP contribution in [-0.2, 0) is 25.1 Å². The molecular formula is C19H23F3N2O6S. The summed E-state index contributed by atoms with van der Waals surface area (Å²) in [4.78, 5) is 25.4. The van der Waals surface area contributed by atoms with Gasteiger partial charge in [-0.05, 0) is 11.5 Å². The van der Waals surface area contributed by atoms with E-state index in [9.17, 15) is 22.8 Å². The summed E-state index contributed by atoms with van der Waals surface area (Å²) in [6.45, 7) is -0.00783. The minimum Gasteiger partial charge on any atom is -0.363 e. The molecule has 3 rings (SSSR count). The molecule has 0 bridgehead atoms. The van der Waals surface area contributed by atoms with E-state index in [1.165, 1.54) is 0 Å². The molecular weight excluding hydrogens is 441 g/mol. The Morgan fingerprint density at radius 1 is 1.39 bits per heavy atom. The number of aromatic amines is 1. The maximum atomic E-state index is 13.1. The largest absolute Gasteiger partial charge is 0.423 e. The fourth-order valence-electron chi connectivity index (χ4n) is 3.58. The Kier molecular flexibility index (Phi) is 7.54. The van der Waals surface area contributed by atoms with Gasteiger partial charge >= 0.3 is 11.9 Å². The predicted molar refractivity (Wildman–Crippen MR) is 106 cm³/mol. The molecule has 1 N–H and O–H groups in total. The van der Waals surface area contributed by atoms with E-state index >= 15 is 0 Å². The van der Waals surface area contributed by atoms with Crippen molar-refractivity contribution in [2.45, 2.75) is 49.7 Å². The Morgan fingerprint density at radius 3 is 2.71 bits per heavy atom. The molecule has 0 aromatic carbocycles. The van der Waals surface area contributed by atoms with Crippen LogP contribution >= 0.6 is 11.8 Å². The van der Waals surface area contributed by atoms with Crippen LogP contribution in [0.15, 0.2) is 15.8 Å². The number of rotatable bonds is 7. The lowest BCUT2D eigenvalue weighted by Crippen LogP contribution is -2.42. The zero-order valence-corrected chi connectivity index (χ0v) is 17.6. The maximum Gasteiger partial charge on any atom is 0.423 e. The highest BCUT2D eigenvalue weighted by Gasteiger charge is 2.42. The normalized spacial score (nSPS) is 26.0. The van der Waals surface area contributed by atoms with Crippen LogP contribution in [-0.4, -0.2) is 59.4 Å². The van der Waals surface area contributed by atoms with E-state index in [2.05, 4.69) is 5.92 Å². The van der Waals surface area contributed by atoms with Crippen molar-refractivity contribution in [3.8, 4) is 12.3 Å². The number of H-pyrrole nitrogens is 1. The zero-order chi connectivity index (χ0) is 22.6. The number of ether oxygens (including phenoxy) is 4. The van der Waals surface area contributed by atoms with E-state index in [0.717, 1.165) is 11.5 Å². The fourth-order valence-corrected chi connectivity index (χ4v) is 4.69. The number of hydrogen-bond donors (Lipinski definition) is 1. The summed E-state index contributed by atoms with van der Waals surface area (Å²) in [5.74, 6) is 3.29. The smallest absolute Gasteiger partial charge is 0.363 e. The molecule has 2 aliphatic rings. The van der Waals surface area contributed by atoms with E-state index in [4.69, 9.17) is 25.4 Å². The molecule has 1 aromatic rings. The standard InChI is InChI=1S/C19H23F3N2O6S/c1-3-6-28-13-9-15(24-10-12(19(20,21)22)16(25)23-17(24)26)30-14(13)11-29-18(27-2)4-7-31-8-5-18/h1,10,13-15H,4-9,11H2,2H3,(H,23,25,26)/t13-,14+,15+/m0/s1. The molecule has 1 aromatic heterocycles. The van der Waals surface area contributed by atoms with E-state index < -0.39 is 47.2 Å². The van der Waals surface area contributed by atoms with Crippen molar-refractivity contribution in [3.63, 3.8) is 0 Å². The van der Waals surface area contributed by atoms with Gasteiger partial charge in [0.1, 0.15) is 24.5 Å². The number of aromatic nitrogens is 2. The Hall–Kier alpha value is -1.78. The molecule has 0 spiro atoms. The Balaban J connectivity index is 1.80. The molecule has 0 amide bonds. The number of terminal acetylenes is 1. The Morgan fingerprint density at radius 2 is 2.10 bits per heavy atom. The van der Waals surface area contributed by atoms with Crippen LogP contribution in [0.2, 0.25) is 0 Å². The molecule has 0 saturated carbocycles. The molecule has 12 heteroatoms. The maximum absolute atomic E-state index is 13.1. The quantitative estimate of drug-likeness (QED) is 0.486. The summed E-state index contributed by atoms with van der Waals surface area (Å²) in [5.41, 5.74) is -4.02. The predicted octanol–water partition coefficient (Wildman–Crippen LogP) is 1.75. The van der Waals surface area contributed by atoms with Crippen molar-refractivity contribution in [1.82, 2.24) is 9.55 Å². The molecule has 2 saturated heterocycles. The first kappa shape index (κ1) is 23.9. The summed E-state index contributed by atoms with van der Waals surface area (Å²) in [5, 5.41) is 0. The summed E-state index contributed by atoms with van der Waals surface area (Å²) in [6, 6.07) is 0. The number of alkyl halides is 3. The highest BCUT2D eigenvalue weighted by molar-refractivity contribution is 7.99. The topological polar surface area (TPSA) is 91.8 Å². The number of methoxy groups -OCH3 is 1. The van der Waals surface area contributed by atoms with Gasteiger partial charge in [-0.2, -0.15) is 24.9 Å². The molecule has 2 aliphatic heterocycles. The van der Waals surface area contributed by atoms with E-state index in [1.807, 2.05) is 0 Å². The molecule has 0 unspecified atom stereocenters. The zero-order valence-electron chi connectivity index (χ0n) is 16.8. The van der Waals surface area contributed by atoms with Gasteiger partial charge in [0, 0.05) is 32.6 Å². The van der Waals surface area contributed by atoms with Gasteiger partial charge in [0.05, 0.1) is 12.7 Å². The third-order valence-electron chi connectivity index (χ3n) is 5.28. The van der Waals surface area contributed by atoms with Crippen LogP contribution in [0.25, 0.3) is 0 Å². The van der Waals surface area contributed by atoms with Gasteiger partial charge < -0.3 is 18.9 Å². The molecule has 3 heterocycles. The first-order valence-corrected chi connectivity index (χ1v) is 10.7. The Labute approximate surface area is 180 Å². The van der Waals surface area contributed by atoms with Crippen LogP contribution < -0.4 is 11.2 Å². The highest BCUT2D eigenvalue weighted by Crippen LogP contribution is 2.35. The molecule has 172 valence electrons. The van der Waals surface area contributed by atoms with Crippen LogP contribution in [0, 0.1) is 12.3 Å². The van der Waals surface area contributed by atoms with Gasteiger partial charge in [-0.1, -0.05) is 5.92 Å². The lowest BCUT2D eigenvalue weighted by molar-refractivity contribution is -0.242.